The molecule has 24 heavy (non-hydrogen) atoms. The Morgan fingerprint density at radius 1 is 1.04 bits per heavy atom. The van der Waals surface area contributed by atoms with E-state index in [4.69, 9.17) is 4.74 Å². The topological polar surface area (TPSA) is 124 Å². The summed E-state index contributed by atoms with van der Waals surface area (Å²) in [4.78, 5) is 22.9. The first-order chi connectivity index (χ1) is 11.3. The smallest absolute Gasteiger partial charge is 0.340 e. The molecule has 7 nitrogen and oxygen atoms in total. The Labute approximate surface area is 136 Å². The Bertz CT molecular complexity index is 837. The van der Waals surface area contributed by atoms with Crippen molar-refractivity contribution >= 4 is 23.6 Å². The van der Waals surface area contributed by atoms with Gasteiger partial charge < -0.3 is 25.2 Å². The molecule has 0 saturated heterocycles. The van der Waals surface area contributed by atoms with Gasteiger partial charge in [-0.1, -0.05) is 18.2 Å². The van der Waals surface area contributed by atoms with E-state index < -0.39 is 23.3 Å². The Balaban J connectivity index is 2.64. The van der Waals surface area contributed by atoms with Crippen LogP contribution in [0, 0.1) is 0 Å². The number of aliphatic carboxylic acids is 1. The van der Waals surface area contributed by atoms with Crippen LogP contribution in [0.3, 0.4) is 0 Å². The second-order valence-corrected chi connectivity index (χ2v) is 4.80. The minimum absolute atomic E-state index is 0.148. The van der Waals surface area contributed by atoms with Crippen LogP contribution in [-0.2, 0) is 4.79 Å². The Hall–Kier alpha value is -3.48. The summed E-state index contributed by atoms with van der Waals surface area (Å²) in [6, 6.07) is 8.02. The molecule has 0 fully saturated rings. The molecule has 124 valence electrons. The fraction of sp³-hybridized carbons (Fsp3) is 0.0588. The number of ether oxygens (including phenoxy) is 1. The van der Waals surface area contributed by atoms with Crippen LogP contribution >= 0.6 is 0 Å². The predicted octanol–water partition coefficient (Wildman–Crippen LogP) is 2.43. The maximum Gasteiger partial charge on any atom is 0.340 e. The number of phenolic OH excluding ortho intramolecular Hbond substituents is 1. The molecule has 0 heterocycles. The molecule has 0 atom stereocenters. The molecule has 2 aromatic rings. The van der Waals surface area contributed by atoms with Gasteiger partial charge in [0, 0.05) is 5.56 Å². The number of hydrogen-bond acceptors (Lipinski definition) is 5. The molecule has 0 aliphatic carbocycles. The predicted molar refractivity (Wildman–Crippen MR) is 85.2 cm³/mol. The van der Waals surface area contributed by atoms with E-state index in [-0.39, 0.29) is 22.6 Å². The van der Waals surface area contributed by atoms with Gasteiger partial charge in [0.1, 0.15) is 11.3 Å². The van der Waals surface area contributed by atoms with Crippen LogP contribution < -0.4 is 4.74 Å². The normalized spacial score (nSPS) is 11.1. The summed E-state index contributed by atoms with van der Waals surface area (Å²) < 4.78 is 4.91. The van der Waals surface area contributed by atoms with Gasteiger partial charge in [-0.2, -0.15) is 0 Å². The third kappa shape index (κ3) is 3.30. The van der Waals surface area contributed by atoms with Crippen molar-refractivity contribution in [3.63, 3.8) is 0 Å². The summed E-state index contributed by atoms with van der Waals surface area (Å²) in [5, 5.41) is 38.1. The number of rotatable bonds is 5. The highest BCUT2D eigenvalue weighted by Gasteiger charge is 2.21. The molecule has 0 saturated carbocycles. The third-order valence-corrected chi connectivity index (χ3v) is 3.29. The third-order valence-electron chi connectivity index (χ3n) is 3.29. The molecule has 2 rings (SSSR count). The van der Waals surface area contributed by atoms with Gasteiger partial charge in [0.2, 0.25) is 0 Å². The van der Waals surface area contributed by atoms with E-state index in [2.05, 4.69) is 0 Å². The lowest BCUT2D eigenvalue weighted by atomic mass is 9.97. The number of carboxylic acid groups (broad SMARTS) is 2. The summed E-state index contributed by atoms with van der Waals surface area (Å²) in [6.45, 7) is 0. The molecule has 0 bridgehead atoms. The SMILES string of the molecule is COc1ccc(/C=C(\C(=O)O)c2cccc(O)c2C(=O)O)cc1O. The van der Waals surface area contributed by atoms with Crippen molar-refractivity contribution in [1.82, 2.24) is 0 Å². The fourth-order valence-electron chi connectivity index (χ4n) is 2.21. The standard InChI is InChI=1S/C17H14O7/c1-24-14-6-5-9(8-13(14)19)7-11(16(20)21)10-3-2-4-12(18)15(10)17(22)23/h2-8,18-19H,1H3,(H,20,21)(H,22,23)/b11-7-. The lowest BCUT2D eigenvalue weighted by Gasteiger charge is -2.09. The van der Waals surface area contributed by atoms with Crippen molar-refractivity contribution < 1.29 is 34.8 Å². The summed E-state index contributed by atoms with van der Waals surface area (Å²) in [5.74, 6) is -3.34. The van der Waals surface area contributed by atoms with Crippen LogP contribution in [0.5, 0.6) is 17.2 Å². The molecule has 0 aromatic heterocycles. The fourth-order valence-corrected chi connectivity index (χ4v) is 2.21. The van der Waals surface area contributed by atoms with Crippen LogP contribution in [0.25, 0.3) is 11.6 Å². The number of carbonyl (C=O) groups is 2. The maximum atomic E-state index is 11.6. The Morgan fingerprint density at radius 3 is 2.29 bits per heavy atom. The average molecular weight is 330 g/mol. The van der Waals surface area contributed by atoms with Gasteiger partial charge >= 0.3 is 11.9 Å². The molecule has 0 unspecified atom stereocenters. The highest BCUT2D eigenvalue weighted by Crippen LogP contribution is 2.31. The minimum Gasteiger partial charge on any atom is -0.507 e. The van der Waals surface area contributed by atoms with Crippen molar-refractivity contribution in [2.24, 2.45) is 0 Å². The van der Waals surface area contributed by atoms with Gasteiger partial charge in [0.15, 0.2) is 11.5 Å². The van der Waals surface area contributed by atoms with E-state index >= 15 is 0 Å². The first kappa shape index (κ1) is 16.9. The first-order valence-corrected chi connectivity index (χ1v) is 6.72. The Morgan fingerprint density at radius 2 is 1.75 bits per heavy atom. The van der Waals surface area contributed by atoms with E-state index in [1.54, 1.807) is 0 Å². The number of aromatic hydroxyl groups is 2. The molecule has 7 heteroatoms. The number of phenols is 2. The zero-order chi connectivity index (χ0) is 17.9. The number of carboxylic acids is 2. The van der Waals surface area contributed by atoms with Gasteiger partial charge in [-0.25, -0.2) is 9.59 Å². The number of benzene rings is 2. The van der Waals surface area contributed by atoms with Crippen LogP contribution in [0.2, 0.25) is 0 Å². The van der Waals surface area contributed by atoms with E-state index in [9.17, 15) is 30.0 Å². The zero-order valence-electron chi connectivity index (χ0n) is 12.6. The van der Waals surface area contributed by atoms with Crippen LogP contribution in [0.4, 0.5) is 0 Å². The number of aromatic carboxylic acids is 1. The molecule has 4 N–H and O–H groups in total. The minimum atomic E-state index is -1.45. The van der Waals surface area contributed by atoms with Crippen LogP contribution in [-0.4, -0.2) is 39.5 Å². The highest BCUT2D eigenvalue weighted by atomic mass is 16.5. The van der Waals surface area contributed by atoms with E-state index in [0.717, 1.165) is 6.07 Å². The van der Waals surface area contributed by atoms with Crippen molar-refractivity contribution in [1.29, 1.82) is 0 Å². The second-order valence-electron chi connectivity index (χ2n) is 4.80. The molecular weight excluding hydrogens is 316 g/mol. The second kappa shape index (κ2) is 6.74. The zero-order valence-corrected chi connectivity index (χ0v) is 12.6. The van der Waals surface area contributed by atoms with Crippen molar-refractivity contribution in [3.8, 4) is 17.2 Å². The summed E-state index contributed by atoms with van der Waals surface area (Å²) in [5.41, 5.74) is -0.674. The van der Waals surface area contributed by atoms with Crippen molar-refractivity contribution in [2.75, 3.05) is 7.11 Å². The molecule has 0 aliphatic heterocycles. The van der Waals surface area contributed by atoms with Gasteiger partial charge in [-0.3, -0.25) is 0 Å². The first-order valence-electron chi connectivity index (χ1n) is 6.72. The van der Waals surface area contributed by atoms with Gasteiger partial charge in [-0.05, 0) is 29.8 Å². The van der Waals surface area contributed by atoms with E-state index in [0.29, 0.717) is 5.56 Å². The van der Waals surface area contributed by atoms with Gasteiger partial charge in [0.25, 0.3) is 0 Å². The number of hydrogen-bond donors (Lipinski definition) is 4. The van der Waals surface area contributed by atoms with Crippen LogP contribution in [0.1, 0.15) is 21.5 Å². The summed E-state index contributed by atoms with van der Waals surface area (Å²) in [7, 11) is 1.37. The molecule has 0 amide bonds. The number of methoxy groups -OCH3 is 1. The monoisotopic (exact) mass is 330 g/mol. The lowest BCUT2D eigenvalue weighted by molar-refractivity contribution is -0.130. The summed E-state index contributed by atoms with van der Waals surface area (Å²) >= 11 is 0. The van der Waals surface area contributed by atoms with Crippen molar-refractivity contribution in [3.05, 3.63) is 53.1 Å². The highest BCUT2D eigenvalue weighted by molar-refractivity contribution is 6.23. The molecule has 0 radical (unpaired) electrons. The molecular formula is C17H14O7. The Kier molecular flexibility index (Phi) is 4.74. The average Bonchev–Trinajstić information content (AvgIpc) is 2.51. The van der Waals surface area contributed by atoms with E-state index in [1.807, 2.05) is 0 Å². The van der Waals surface area contributed by atoms with Gasteiger partial charge in [-0.15, -0.1) is 0 Å². The largest absolute Gasteiger partial charge is 0.507 e. The van der Waals surface area contributed by atoms with Gasteiger partial charge in [0.05, 0.1) is 12.7 Å². The van der Waals surface area contributed by atoms with Crippen LogP contribution in [0.15, 0.2) is 36.4 Å². The molecule has 0 aliphatic rings. The molecule has 0 spiro atoms. The molecule has 2 aromatic carbocycles. The van der Waals surface area contributed by atoms with E-state index in [1.165, 1.54) is 43.5 Å². The quantitative estimate of drug-likeness (QED) is 0.490. The maximum absolute atomic E-state index is 11.6. The lowest BCUT2D eigenvalue weighted by Crippen LogP contribution is -2.07. The summed E-state index contributed by atoms with van der Waals surface area (Å²) in [6.07, 6.45) is 1.20. The van der Waals surface area contributed by atoms with Crippen molar-refractivity contribution in [2.45, 2.75) is 0 Å².